The van der Waals surface area contributed by atoms with E-state index in [0.29, 0.717) is 40.6 Å². The number of nitrogens with one attached hydrogen (secondary N) is 1. The van der Waals surface area contributed by atoms with Crippen molar-refractivity contribution in [1.29, 1.82) is 0 Å². The van der Waals surface area contributed by atoms with Gasteiger partial charge < -0.3 is 15.2 Å². The van der Waals surface area contributed by atoms with Crippen molar-refractivity contribution in [1.82, 2.24) is 0 Å². The summed E-state index contributed by atoms with van der Waals surface area (Å²) in [4.78, 5) is 24.4. The normalized spacial score (nSPS) is 16.7. The lowest BCUT2D eigenvalue weighted by Gasteiger charge is -2.15. The van der Waals surface area contributed by atoms with Gasteiger partial charge in [-0.3, -0.25) is 9.59 Å². The van der Waals surface area contributed by atoms with E-state index in [-0.39, 0.29) is 16.8 Å². The Bertz CT molecular complexity index is 1220. The van der Waals surface area contributed by atoms with Gasteiger partial charge in [0.15, 0.2) is 0 Å². The fraction of sp³-hybridized carbons (Fsp3) is 0.259. The first-order chi connectivity index (χ1) is 16.2. The predicted molar refractivity (Wildman–Crippen MR) is 134 cm³/mol. The van der Waals surface area contributed by atoms with Gasteiger partial charge in [-0.05, 0) is 72.7 Å². The maximum absolute atomic E-state index is 13.1. The molecule has 2 N–H and O–H groups in total. The lowest BCUT2D eigenvalue weighted by Crippen LogP contribution is -2.15. The number of amides is 1. The molecule has 1 aliphatic rings. The van der Waals surface area contributed by atoms with Crippen LogP contribution in [0.3, 0.4) is 0 Å². The largest absolute Gasteiger partial charge is 0.493 e. The van der Waals surface area contributed by atoms with E-state index < -0.39 is 11.9 Å². The van der Waals surface area contributed by atoms with E-state index in [9.17, 15) is 14.7 Å². The highest BCUT2D eigenvalue weighted by molar-refractivity contribution is 6.42. The Balaban J connectivity index is 1.47. The minimum atomic E-state index is -0.857. The van der Waals surface area contributed by atoms with Crippen LogP contribution in [0.15, 0.2) is 54.6 Å². The monoisotopic (exact) mass is 497 g/mol. The van der Waals surface area contributed by atoms with E-state index in [2.05, 4.69) is 17.4 Å². The second kappa shape index (κ2) is 10.1. The van der Waals surface area contributed by atoms with Gasteiger partial charge >= 0.3 is 5.97 Å². The minimum absolute atomic E-state index is 0.199. The molecule has 2 atom stereocenters. The van der Waals surface area contributed by atoms with Crippen LogP contribution in [0.5, 0.6) is 5.75 Å². The number of ether oxygens (including phenoxy) is 1. The Morgan fingerprint density at radius 3 is 2.35 bits per heavy atom. The molecule has 0 saturated heterocycles. The molecule has 5 nitrogen and oxygen atoms in total. The Labute approximate surface area is 208 Å². The third kappa shape index (κ3) is 5.37. The Hall–Kier alpha value is -3.02. The fourth-order valence-electron chi connectivity index (χ4n) is 4.25. The zero-order chi connectivity index (χ0) is 24.4. The van der Waals surface area contributed by atoms with Crippen molar-refractivity contribution in [2.24, 2.45) is 5.92 Å². The van der Waals surface area contributed by atoms with Crippen molar-refractivity contribution in [3.8, 4) is 5.75 Å². The molecule has 1 fully saturated rings. The summed E-state index contributed by atoms with van der Waals surface area (Å²) in [6.07, 6.45) is 1.30. The molecule has 7 heteroatoms. The van der Waals surface area contributed by atoms with E-state index in [1.54, 1.807) is 12.1 Å². The second-order valence-corrected chi connectivity index (χ2v) is 9.40. The summed E-state index contributed by atoms with van der Waals surface area (Å²) in [6.45, 7) is 4.28. The standard InChI is InChI=1S/C27H25Cl2NO4/c1-15-10-19(34-9-8-17-6-4-3-5-7-17)11-16(2)24(15)26(31)30-18-12-21(25(29)23(28)13-18)20-14-22(20)27(32)33/h3-7,10-13,20,22H,8-9,14H2,1-2H3,(H,30,31)(H,32,33)/t20-,22?/m0/s1. The summed E-state index contributed by atoms with van der Waals surface area (Å²) in [6, 6.07) is 17.1. The van der Waals surface area contributed by atoms with Crippen molar-refractivity contribution in [2.75, 3.05) is 11.9 Å². The van der Waals surface area contributed by atoms with Gasteiger partial charge in [-0.15, -0.1) is 0 Å². The maximum atomic E-state index is 13.1. The molecular formula is C27H25Cl2NO4. The minimum Gasteiger partial charge on any atom is -0.493 e. The summed E-state index contributed by atoms with van der Waals surface area (Å²) in [5.41, 5.74) is 4.47. The van der Waals surface area contributed by atoms with Crippen molar-refractivity contribution in [3.05, 3.63) is 92.5 Å². The molecule has 1 unspecified atom stereocenters. The fourth-order valence-corrected chi connectivity index (χ4v) is 4.73. The maximum Gasteiger partial charge on any atom is 0.307 e. The van der Waals surface area contributed by atoms with E-state index in [4.69, 9.17) is 27.9 Å². The highest BCUT2D eigenvalue weighted by atomic mass is 35.5. The van der Waals surface area contributed by atoms with Crippen LogP contribution in [0.1, 0.15) is 45.0 Å². The quantitative estimate of drug-likeness (QED) is 0.364. The average molecular weight is 498 g/mol. The Morgan fingerprint density at radius 1 is 1.06 bits per heavy atom. The van der Waals surface area contributed by atoms with Gasteiger partial charge in [-0.25, -0.2) is 0 Å². The number of carboxylic acids is 1. The van der Waals surface area contributed by atoms with Gasteiger partial charge in [0.05, 0.1) is 22.6 Å². The molecule has 34 heavy (non-hydrogen) atoms. The van der Waals surface area contributed by atoms with E-state index in [0.717, 1.165) is 17.5 Å². The van der Waals surface area contributed by atoms with Crippen LogP contribution in [0.4, 0.5) is 5.69 Å². The van der Waals surface area contributed by atoms with Gasteiger partial charge in [-0.1, -0.05) is 53.5 Å². The lowest BCUT2D eigenvalue weighted by atomic mass is 10.0. The molecule has 1 aliphatic carbocycles. The number of aryl methyl sites for hydroxylation is 2. The van der Waals surface area contributed by atoms with Gasteiger partial charge in [-0.2, -0.15) is 0 Å². The van der Waals surface area contributed by atoms with Crippen LogP contribution in [0, 0.1) is 19.8 Å². The number of anilines is 1. The molecule has 0 aromatic heterocycles. The van der Waals surface area contributed by atoms with Crippen LogP contribution in [0.25, 0.3) is 0 Å². The first-order valence-corrected chi connectivity index (χ1v) is 11.8. The van der Waals surface area contributed by atoms with E-state index in [1.807, 2.05) is 44.2 Å². The number of carboxylic acid groups (broad SMARTS) is 1. The zero-order valence-electron chi connectivity index (χ0n) is 18.9. The smallest absolute Gasteiger partial charge is 0.307 e. The summed E-state index contributed by atoms with van der Waals surface area (Å²) in [5, 5.41) is 12.7. The van der Waals surface area contributed by atoms with Gasteiger partial charge in [0.1, 0.15) is 5.75 Å². The SMILES string of the molecule is Cc1cc(OCCc2ccccc2)cc(C)c1C(=O)Nc1cc(Cl)c(Cl)c([C@@H]2CC2C(=O)O)c1. The molecule has 3 aromatic carbocycles. The molecule has 0 heterocycles. The van der Waals surface area contributed by atoms with Gasteiger partial charge in [0.25, 0.3) is 5.91 Å². The average Bonchev–Trinajstić information content (AvgIpc) is 3.57. The number of hydrogen-bond acceptors (Lipinski definition) is 3. The molecular weight excluding hydrogens is 473 g/mol. The lowest BCUT2D eigenvalue weighted by molar-refractivity contribution is -0.138. The number of carbonyl (C=O) groups excluding carboxylic acids is 1. The van der Waals surface area contributed by atoms with Crippen molar-refractivity contribution in [3.63, 3.8) is 0 Å². The highest BCUT2D eigenvalue weighted by Gasteiger charge is 2.45. The van der Waals surface area contributed by atoms with Gasteiger partial charge in [0.2, 0.25) is 0 Å². The molecule has 0 radical (unpaired) electrons. The van der Waals surface area contributed by atoms with Crippen LogP contribution in [-0.4, -0.2) is 23.6 Å². The highest BCUT2D eigenvalue weighted by Crippen LogP contribution is 2.51. The molecule has 0 aliphatic heterocycles. The third-order valence-corrected chi connectivity index (χ3v) is 6.87. The van der Waals surface area contributed by atoms with Crippen LogP contribution < -0.4 is 10.1 Å². The van der Waals surface area contributed by atoms with Crippen LogP contribution in [-0.2, 0) is 11.2 Å². The predicted octanol–water partition coefficient (Wildman–Crippen LogP) is 6.67. The number of halogens is 2. The van der Waals surface area contributed by atoms with E-state index in [1.165, 1.54) is 5.56 Å². The van der Waals surface area contributed by atoms with E-state index >= 15 is 0 Å². The van der Waals surface area contributed by atoms with Crippen LogP contribution >= 0.6 is 23.2 Å². The Kier molecular flexibility index (Phi) is 7.15. The molecule has 1 saturated carbocycles. The number of hydrogen-bond donors (Lipinski definition) is 2. The van der Waals surface area contributed by atoms with Crippen molar-refractivity contribution in [2.45, 2.75) is 32.6 Å². The molecule has 4 rings (SSSR count). The number of aliphatic carboxylic acids is 1. The second-order valence-electron chi connectivity index (χ2n) is 8.62. The molecule has 1 amide bonds. The van der Waals surface area contributed by atoms with Crippen LogP contribution in [0.2, 0.25) is 10.0 Å². The molecule has 0 bridgehead atoms. The third-order valence-electron chi connectivity index (χ3n) is 6.06. The molecule has 0 spiro atoms. The summed E-state index contributed by atoms with van der Waals surface area (Å²) in [7, 11) is 0. The number of benzene rings is 3. The Morgan fingerprint density at radius 2 is 1.74 bits per heavy atom. The first-order valence-electron chi connectivity index (χ1n) is 11.1. The number of carbonyl (C=O) groups is 2. The molecule has 3 aromatic rings. The first kappa shape index (κ1) is 24.1. The summed E-state index contributed by atoms with van der Waals surface area (Å²) < 4.78 is 5.92. The topological polar surface area (TPSA) is 75.6 Å². The zero-order valence-corrected chi connectivity index (χ0v) is 20.4. The van der Waals surface area contributed by atoms with Crippen molar-refractivity contribution >= 4 is 40.8 Å². The summed E-state index contributed by atoms with van der Waals surface area (Å²) in [5.74, 6) is -1.09. The van der Waals surface area contributed by atoms with Crippen molar-refractivity contribution < 1.29 is 19.4 Å². The molecule has 176 valence electrons. The number of rotatable bonds is 8. The van der Waals surface area contributed by atoms with Gasteiger partial charge in [0, 0.05) is 17.7 Å². The summed E-state index contributed by atoms with van der Waals surface area (Å²) >= 11 is 12.6.